The predicted octanol–water partition coefficient (Wildman–Crippen LogP) is 4.73. The Morgan fingerprint density at radius 3 is 2.07 bits per heavy atom. The zero-order valence-electron chi connectivity index (χ0n) is 10.1. The smallest absolute Gasteiger partial charge is 0.0163 e. The molecule has 0 aromatic heterocycles. The Bertz CT molecular complexity index is 220. The van der Waals surface area contributed by atoms with Crippen LogP contribution in [0.1, 0.15) is 53.4 Å². The third-order valence-electron chi connectivity index (χ3n) is 3.38. The molecule has 0 spiro atoms. The molecule has 14 heavy (non-hydrogen) atoms. The Balaban J connectivity index is 2.67. The molecular formula is C14H24. The van der Waals surface area contributed by atoms with Gasteiger partial charge in [-0.05, 0) is 51.0 Å². The first kappa shape index (κ1) is 11.6. The molecule has 0 atom stereocenters. The van der Waals surface area contributed by atoms with Crippen LogP contribution in [0, 0.1) is 11.8 Å². The van der Waals surface area contributed by atoms with E-state index in [1.54, 1.807) is 5.57 Å². The van der Waals surface area contributed by atoms with Crippen molar-refractivity contribution in [2.75, 3.05) is 0 Å². The molecule has 0 amide bonds. The van der Waals surface area contributed by atoms with Crippen molar-refractivity contribution in [2.45, 2.75) is 53.4 Å². The summed E-state index contributed by atoms with van der Waals surface area (Å²) in [4.78, 5) is 0. The average Bonchev–Trinajstić information content (AvgIpc) is 2.15. The van der Waals surface area contributed by atoms with Gasteiger partial charge in [-0.2, -0.15) is 0 Å². The third-order valence-corrected chi connectivity index (χ3v) is 3.38. The Labute approximate surface area is 89.1 Å². The first-order chi connectivity index (χ1) is 6.65. The highest BCUT2D eigenvalue weighted by Gasteiger charge is 2.20. The van der Waals surface area contributed by atoms with E-state index in [9.17, 15) is 0 Å². The number of allylic oxidation sites excluding steroid dienone is 4. The molecule has 0 heteroatoms. The molecule has 0 N–H and O–H groups in total. The minimum absolute atomic E-state index is 0.840. The fraction of sp³-hybridized carbons (Fsp3) is 0.714. The van der Waals surface area contributed by atoms with Crippen molar-refractivity contribution in [3.63, 3.8) is 0 Å². The van der Waals surface area contributed by atoms with Crippen LogP contribution >= 0.6 is 0 Å². The second-order valence-electron chi connectivity index (χ2n) is 4.91. The van der Waals surface area contributed by atoms with Crippen molar-refractivity contribution >= 4 is 0 Å². The van der Waals surface area contributed by atoms with Gasteiger partial charge in [0.25, 0.3) is 0 Å². The first-order valence-corrected chi connectivity index (χ1v) is 5.95. The van der Waals surface area contributed by atoms with Crippen LogP contribution in [0.4, 0.5) is 0 Å². The molecule has 1 fully saturated rings. The second-order valence-corrected chi connectivity index (χ2v) is 4.91. The van der Waals surface area contributed by atoms with Crippen LogP contribution in [0.15, 0.2) is 23.3 Å². The lowest BCUT2D eigenvalue weighted by atomic mass is 9.78. The lowest BCUT2D eigenvalue weighted by Crippen LogP contribution is -2.14. The monoisotopic (exact) mass is 192 g/mol. The van der Waals surface area contributed by atoms with E-state index in [-0.39, 0.29) is 0 Å². The van der Waals surface area contributed by atoms with E-state index >= 15 is 0 Å². The Morgan fingerprint density at radius 2 is 1.64 bits per heavy atom. The quantitative estimate of drug-likeness (QED) is 0.555. The third kappa shape index (κ3) is 3.01. The zero-order valence-corrected chi connectivity index (χ0v) is 10.1. The van der Waals surface area contributed by atoms with Crippen molar-refractivity contribution in [2.24, 2.45) is 11.8 Å². The highest BCUT2D eigenvalue weighted by molar-refractivity contribution is 5.26. The molecule has 1 aliphatic rings. The van der Waals surface area contributed by atoms with E-state index in [4.69, 9.17) is 0 Å². The van der Waals surface area contributed by atoms with Crippen molar-refractivity contribution in [1.29, 1.82) is 0 Å². The van der Waals surface area contributed by atoms with Gasteiger partial charge >= 0.3 is 0 Å². The molecule has 0 bridgehead atoms. The predicted molar refractivity (Wildman–Crippen MR) is 64.3 cm³/mol. The summed E-state index contributed by atoms with van der Waals surface area (Å²) in [6.45, 7) is 8.99. The van der Waals surface area contributed by atoms with Gasteiger partial charge in [-0.1, -0.05) is 37.5 Å². The van der Waals surface area contributed by atoms with Crippen LogP contribution in [0.5, 0.6) is 0 Å². The van der Waals surface area contributed by atoms with Crippen LogP contribution in [-0.4, -0.2) is 0 Å². The molecular weight excluding hydrogens is 168 g/mol. The molecule has 0 nitrogen and oxygen atoms in total. The van der Waals surface area contributed by atoms with E-state index < -0.39 is 0 Å². The van der Waals surface area contributed by atoms with E-state index in [2.05, 4.69) is 39.8 Å². The molecule has 1 saturated carbocycles. The molecule has 0 heterocycles. The molecule has 0 saturated heterocycles. The lowest BCUT2D eigenvalue weighted by Gasteiger charge is -2.28. The topological polar surface area (TPSA) is 0 Å². The van der Waals surface area contributed by atoms with Crippen molar-refractivity contribution in [1.82, 2.24) is 0 Å². The van der Waals surface area contributed by atoms with Crippen LogP contribution in [0.2, 0.25) is 0 Å². The van der Waals surface area contributed by atoms with Crippen LogP contribution in [0.3, 0.4) is 0 Å². The fourth-order valence-electron chi connectivity index (χ4n) is 2.46. The highest BCUT2D eigenvalue weighted by Crippen LogP contribution is 2.34. The van der Waals surface area contributed by atoms with Gasteiger partial charge in [-0.3, -0.25) is 0 Å². The second kappa shape index (κ2) is 5.38. The molecule has 0 unspecified atom stereocenters. The zero-order chi connectivity index (χ0) is 10.6. The van der Waals surface area contributed by atoms with Gasteiger partial charge in [0.15, 0.2) is 0 Å². The maximum atomic E-state index is 2.38. The summed E-state index contributed by atoms with van der Waals surface area (Å²) in [5, 5.41) is 0. The average molecular weight is 192 g/mol. The fourth-order valence-corrected chi connectivity index (χ4v) is 2.46. The summed E-state index contributed by atoms with van der Waals surface area (Å²) in [5.74, 6) is 1.79. The van der Waals surface area contributed by atoms with E-state index in [0.717, 1.165) is 11.8 Å². The highest BCUT2D eigenvalue weighted by atomic mass is 14.3. The SMILES string of the molecule is C/C=C\C(=C(C)C)C1CCC(C)CC1. The maximum absolute atomic E-state index is 2.38. The molecule has 80 valence electrons. The normalized spacial score (nSPS) is 28.0. The summed E-state index contributed by atoms with van der Waals surface area (Å²) in [5.41, 5.74) is 3.10. The Kier molecular flexibility index (Phi) is 4.44. The molecule has 0 aromatic carbocycles. The van der Waals surface area contributed by atoms with Gasteiger partial charge in [-0.25, -0.2) is 0 Å². The van der Waals surface area contributed by atoms with E-state index in [1.807, 2.05) is 0 Å². The van der Waals surface area contributed by atoms with Crippen molar-refractivity contribution in [3.05, 3.63) is 23.3 Å². The maximum Gasteiger partial charge on any atom is -0.0163 e. The van der Waals surface area contributed by atoms with Crippen molar-refractivity contribution in [3.8, 4) is 0 Å². The van der Waals surface area contributed by atoms with E-state index in [0.29, 0.717) is 0 Å². The first-order valence-electron chi connectivity index (χ1n) is 5.95. The molecule has 0 aromatic rings. The standard InChI is InChI=1S/C14H24/c1-5-6-14(11(2)3)13-9-7-12(4)8-10-13/h5-6,12-13H,7-10H2,1-4H3/b6-5-. The summed E-state index contributed by atoms with van der Waals surface area (Å²) in [7, 11) is 0. The van der Waals surface area contributed by atoms with Gasteiger partial charge in [-0.15, -0.1) is 0 Å². The lowest BCUT2D eigenvalue weighted by molar-refractivity contribution is 0.322. The minimum Gasteiger partial charge on any atom is -0.0874 e. The molecule has 0 radical (unpaired) electrons. The molecule has 1 aliphatic carbocycles. The van der Waals surface area contributed by atoms with Crippen LogP contribution < -0.4 is 0 Å². The van der Waals surface area contributed by atoms with Gasteiger partial charge in [0.05, 0.1) is 0 Å². The molecule has 1 rings (SSSR count). The van der Waals surface area contributed by atoms with Crippen LogP contribution in [0.25, 0.3) is 0 Å². The molecule has 0 aliphatic heterocycles. The van der Waals surface area contributed by atoms with Crippen LogP contribution in [-0.2, 0) is 0 Å². The summed E-state index contributed by atoms with van der Waals surface area (Å²) in [6.07, 6.45) is 10.1. The summed E-state index contributed by atoms with van der Waals surface area (Å²) >= 11 is 0. The minimum atomic E-state index is 0.840. The Hall–Kier alpha value is -0.520. The largest absolute Gasteiger partial charge is 0.0874 e. The van der Waals surface area contributed by atoms with E-state index in [1.165, 1.54) is 31.3 Å². The Morgan fingerprint density at radius 1 is 1.07 bits per heavy atom. The summed E-state index contributed by atoms with van der Waals surface area (Å²) in [6, 6.07) is 0. The number of rotatable bonds is 2. The van der Waals surface area contributed by atoms with Gasteiger partial charge in [0.2, 0.25) is 0 Å². The van der Waals surface area contributed by atoms with Crippen molar-refractivity contribution < 1.29 is 0 Å². The number of hydrogen-bond donors (Lipinski definition) is 0. The van der Waals surface area contributed by atoms with Gasteiger partial charge in [0.1, 0.15) is 0 Å². The van der Waals surface area contributed by atoms with Gasteiger partial charge < -0.3 is 0 Å². The number of hydrogen-bond acceptors (Lipinski definition) is 0. The summed E-state index contributed by atoms with van der Waals surface area (Å²) < 4.78 is 0. The van der Waals surface area contributed by atoms with Gasteiger partial charge in [0, 0.05) is 0 Å².